The van der Waals surface area contributed by atoms with E-state index in [1.165, 1.54) is 19.3 Å². The third-order valence-electron chi connectivity index (χ3n) is 5.58. The highest BCUT2D eigenvalue weighted by atomic mass is 16.5. The first-order valence-corrected chi connectivity index (χ1v) is 7.36. The van der Waals surface area contributed by atoms with Crippen molar-refractivity contribution in [2.75, 3.05) is 7.05 Å². The van der Waals surface area contributed by atoms with Crippen LogP contribution in [0.5, 0.6) is 0 Å². The third-order valence-corrected chi connectivity index (χ3v) is 5.58. The van der Waals surface area contributed by atoms with Gasteiger partial charge in [0, 0.05) is 6.42 Å². The van der Waals surface area contributed by atoms with Crippen molar-refractivity contribution in [3.05, 3.63) is 5.21 Å². The highest BCUT2D eigenvalue weighted by Gasteiger charge is 2.52. The Kier molecular flexibility index (Phi) is 4.00. The number of aliphatic hydroxyl groups excluding tert-OH is 1. The number of fused-ring (bicyclic) bond motifs is 1. The lowest BCUT2D eigenvalue weighted by Gasteiger charge is -2.45. The molecule has 2 fully saturated rings. The molecule has 2 rings (SSSR count). The van der Waals surface area contributed by atoms with E-state index in [-0.39, 0.29) is 6.10 Å². The van der Waals surface area contributed by atoms with Gasteiger partial charge in [-0.2, -0.15) is 0 Å². The quantitative estimate of drug-likeness (QED) is 0.364. The minimum absolute atomic E-state index is 0.0906. The van der Waals surface area contributed by atoms with Gasteiger partial charge in [-0.05, 0) is 48.9 Å². The van der Waals surface area contributed by atoms with Gasteiger partial charge in [0.1, 0.15) is 7.05 Å². The van der Waals surface area contributed by atoms with Crippen molar-refractivity contribution >= 4 is 6.21 Å². The molecule has 3 heteroatoms. The lowest BCUT2D eigenvalue weighted by molar-refractivity contribution is -0.418. The first-order valence-electron chi connectivity index (χ1n) is 7.36. The Morgan fingerprint density at radius 2 is 2.17 bits per heavy atom. The average Bonchev–Trinajstić information content (AvgIpc) is 2.64. The van der Waals surface area contributed by atoms with Crippen LogP contribution in [0.3, 0.4) is 0 Å². The van der Waals surface area contributed by atoms with Crippen molar-refractivity contribution in [1.82, 2.24) is 0 Å². The van der Waals surface area contributed by atoms with Gasteiger partial charge in [-0.25, -0.2) is 4.74 Å². The van der Waals surface area contributed by atoms with Crippen LogP contribution in [-0.4, -0.2) is 29.2 Å². The van der Waals surface area contributed by atoms with E-state index in [4.69, 9.17) is 0 Å². The Hall–Kier alpha value is -0.570. The first-order chi connectivity index (χ1) is 8.45. The highest BCUT2D eigenvalue weighted by molar-refractivity contribution is 5.51. The maximum atomic E-state index is 11.0. The van der Waals surface area contributed by atoms with Gasteiger partial charge >= 0.3 is 0 Å². The standard InChI is InChI=1S/C15H27NO2/c1-11(8-10-16(3)18)12-6-7-13-14(17)5-4-9-15(12,13)2/h10-14,17H,4-9H2,1-3H3/b16-10+/t11-,12-,13?,14+,15-/m0/s1. The van der Waals surface area contributed by atoms with E-state index in [0.29, 0.717) is 23.2 Å². The Morgan fingerprint density at radius 3 is 2.83 bits per heavy atom. The maximum absolute atomic E-state index is 11.0. The molecule has 2 saturated carbocycles. The zero-order valence-electron chi connectivity index (χ0n) is 11.9. The van der Waals surface area contributed by atoms with Gasteiger partial charge < -0.3 is 10.3 Å². The zero-order chi connectivity index (χ0) is 13.3. The Balaban J connectivity index is 2.08. The molecule has 0 radical (unpaired) electrons. The fraction of sp³-hybridized carbons (Fsp3) is 0.933. The van der Waals surface area contributed by atoms with Crippen LogP contribution in [0.15, 0.2) is 0 Å². The van der Waals surface area contributed by atoms with Crippen molar-refractivity contribution in [3.63, 3.8) is 0 Å². The summed E-state index contributed by atoms with van der Waals surface area (Å²) >= 11 is 0. The Morgan fingerprint density at radius 1 is 1.44 bits per heavy atom. The topological polar surface area (TPSA) is 46.3 Å². The molecule has 0 aliphatic heterocycles. The van der Waals surface area contributed by atoms with E-state index in [2.05, 4.69) is 13.8 Å². The fourth-order valence-corrected chi connectivity index (χ4v) is 4.60. The summed E-state index contributed by atoms with van der Waals surface area (Å²) in [5.74, 6) is 1.69. The third kappa shape index (κ3) is 2.42. The molecule has 104 valence electrons. The summed E-state index contributed by atoms with van der Waals surface area (Å²) in [5.41, 5.74) is 0.298. The molecule has 18 heavy (non-hydrogen) atoms. The van der Waals surface area contributed by atoms with E-state index >= 15 is 0 Å². The fourth-order valence-electron chi connectivity index (χ4n) is 4.60. The van der Waals surface area contributed by atoms with E-state index in [1.54, 1.807) is 13.3 Å². The molecule has 0 amide bonds. The van der Waals surface area contributed by atoms with Crippen molar-refractivity contribution in [2.45, 2.75) is 58.5 Å². The molecule has 0 spiro atoms. The summed E-state index contributed by atoms with van der Waals surface area (Å²) in [6.07, 6.45) is 8.29. The van der Waals surface area contributed by atoms with Crippen LogP contribution in [0.4, 0.5) is 0 Å². The van der Waals surface area contributed by atoms with Crippen LogP contribution in [0.1, 0.15) is 52.4 Å². The van der Waals surface area contributed by atoms with Crippen LogP contribution in [-0.2, 0) is 0 Å². The number of hydrogen-bond acceptors (Lipinski definition) is 2. The summed E-state index contributed by atoms with van der Waals surface area (Å²) in [4.78, 5) is 0. The average molecular weight is 253 g/mol. The number of hydrogen-bond donors (Lipinski definition) is 1. The second kappa shape index (κ2) is 5.20. The molecule has 0 bridgehead atoms. The van der Waals surface area contributed by atoms with Crippen molar-refractivity contribution in [1.29, 1.82) is 0 Å². The summed E-state index contributed by atoms with van der Waals surface area (Å²) in [7, 11) is 1.55. The van der Waals surface area contributed by atoms with Crippen LogP contribution >= 0.6 is 0 Å². The molecular formula is C15H27NO2. The first kappa shape index (κ1) is 13.9. The predicted octanol–water partition coefficient (Wildman–Crippen LogP) is 2.80. The Bertz CT molecular complexity index is 324. The molecule has 2 aliphatic rings. The van der Waals surface area contributed by atoms with Gasteiger partial charge in [0.25, 0.3) is 0 Å². The van der Waals surface area contributed by atoms with E-state index < -0.39 is 0 Å². The van der Waals surface area contributed by atoms with E-state index in [9.17, 15) is 10.3 Å². The van der Waals surface area contributed by atoms with Crippen LogP contribution < -0.4 is 0 Å². The molecule has 0 aromatic rings. The highest BCUT2D eigenvalue weighted by Crippen LogP contribution is 2.57. The van der Waals surface area contributed by atoms with E-state index in [0.717, 1.165) is 24.0 Å². The second-order valence-corrected chi connectivity index (χ2v) is 6.70. The summed E-state index contributed by atoms with van der Waals surface area (Å²) < 4.78 is 0.918. The molecule has 3 nitrogen and oxygen atoms in total. The zero-order valence-corrected chi connectivity index (χ0v) is 11.9. The molecule has 1 N–H and O–H groups in total. The molecule has 0 aromatic heterocycles. The van der Waals surface area contributed by atoms with Gasteiger partial charge in [-0.1, -0.05) is 20.3 Å². The van der Waals surface area contributed by atoms with Crippen molar-refractivity contribution in [2.24, 2.45) is 23.2 Å². The molecule has 1 unspecified atom stereocenters. The molecule has 2 aliphatic carbocycles. The van der Waals surface area contributed by atoms with Gasteiger partial charge in [-0.15, -0.1) is 0 Å². The number of hydroxylamine groups is 1. The molecular weight excluding hydrogens is 226 g/mol. The van der Waals surface area contributed by atoms with Gasteiger partial charge in [0.2, 0.25) is 0 Å². The molecule has 0 saturated heterocycles. The Labute approximate surface area is 110 Å². The molecule has 0 heterocycles. The lowest BCUT2D eigenvalue weighted by atomic mass is 9.61. The monoisotopic (exact) mass is 253 g/mol. The van der Waals surface area contributed by atoms with Crippen molar-refractivity contribution in [3.8, 4) is 0 Å². The summed E-state index contributed by atoms with van der Waals surface area (Å²) in [6.45, 7) is 4.63. The van der Waals surface area contributed by atoms with Gasteiger partial charge in [0.05, 0.1) is 6.10 Å². The molecule has 0 aromatic carbocycles. The number of aliphatic hydroxyl groups is 1. The number of nitrogens with zero attached hydrogens (tertiary/aromatic N) is 1. The second-order valence-electron chi connectivity index (χ2n) is 6.70. The summed E-state index contributed by atoms with van der Waals surface area (Å²) in [5, 5.41) is 21.2. The predicted molar refractivity (Wildman–Crippen MR) is 73.6 cm³/mol. The SMILES string of the molecule is C[C@@H](C/C=[N+](\C)[O-])[C@@H]1CCC2[C@H](O)CCC[C@]21C. The molecule has 5 atom stereocenters. The number of rotatable bonds is 3. The van der Waals surface area contributed by atoms with E-state index in [1.807, 2.05) is 0 Å². The smallest absolute Gasteiger partial charge is 0.150 e. The normalized spacial score (nSPS) is 42.7. The van der Waals surface area contributed by atoms with Gasteiger partial charge in [0.15, 0.2) is 6.21 Å². The van der Waals surface area contributed by atoms with Gasteiger partial charge in [-0.3, -0.25) is 0 Å². The maximum Gasteiger partial charge on any atom is 0.150 e. The van der Waals surface area contributed by atoms with Crippen LogP contribution in [0.25, 0.3) is 0 Å². The minimum Gasteiger partial charge on any atom is -0.624 e. The minimum atomic E-state index is -0.0906. The summed E-state index contributed by atoms with van der Waals surface area (Å²) in [6, 6.07) is 0. The lowest BCUT2D eigenvalue weighted by Crippen LogP contribution is -2.41. The van der Waals surface area contributed by atoms with Crippen LogP contribution in [0, 0.1) is 28.4 Å². The van der Waals surface area contributed by atoms with Crippen molar-refractivity contribution < 1.29 is 9.85 Å². The largest absolute Gasteiger partial charge is 0.624 e. The van der Waals surface area contributed by atoms with Crippen LogP contribution in [0.2, 0.25) is 0 Å².